The zero-order valence-electron chi connectivity index (χ0n) is 8.16. The lowest BCUT2D eigenvalue weighted by Crippen LogP contribution is -2.14. The summed E-state index contributed by atoms with van der Waals surface area (Å²) in [5.74, 6) is 0.851. The molecule has 0 N–H and O–H groups in total. The Kier molecular flexibility index (Phi) is 2.53. The van der Waals surface area contributed by atoms with Gasteiger partial charge >= 0.3 is 0 Å². The van der Waals surface area contributed by atoms with Crippen molar-refractivity contribution in [2.75, 3.05) is 7.11 Å². The maximum atomic E-state index is 12.5. The van der Waals surface area contributed by atoms with E-state index in [4.69, 9.17) is 4.74 Å². The van der Waals surface area contributed by atoms with Crippen molar-refractivity contribution >= 4 is 6.08 Å². The Balaban J connectivity index is 2.07. The molecule has 0 heterocycles. The molecule has 0 amide bonds. The summed E-state index contributed by atoms with van der Waals surface area (Å²) in [5.41, 5.74) is 2.32. The number of halogens is 1. The fourth-order valence-corrected chi connectivity index (χ4v) is 1.56. The zero-order chi connectivity index (χ0) is 9.97. The predicted molar refractivity (Wildman–Crippen MR) is 55.1 cm³/mol. The average Bonchev–Trinajstić information content (AvgIpc) is 2.17. The summed E-state index contributed by atoms with van der Waals surface area (Å²) < 4.78 is 17.6. The summed E-state index contributed by atoms with van der Waals surface area (Å²) in [4.78, 5) is 0. The normalized spacial score (nSPS) is 20.1. The van der Waals surface area contributed by atoms with E-state index in [9.17, 15) is 4.39 Å². The highest BCUT2D eigenvalue weighted by Gasteiger charge is 2.21. The fraction of sp³-hybridized carbons (Fsp3) is 0.333. The van der Waals surface area contributed by atoms with Gasteiger partial charge in [0.05, 0.1) is 7.11 Å². The Morgan fingerprint density at radius 1 is 1.29 bits per heavy atom. The number of allylic oxidation sites excluding steroid dienone is 1. The lowest BCUT2D eigenvalue weighted by atomic mass is 9.89. The Morgan fingerprint density at radius 3 is 2.43 bits per heavy atom. The maximum Gasteiger partial charge on any atom is 0.118 e. The summed E-state index contributed by atoms with van der Waals surface area (Å²) in [7, 11) is 1.65. The van der Waals surface area contributed by atoms with E-state index >= 15 is 0 Å². The molecule has 14 heavy (non-hydrogen) atoms. The molecule has 1 nitrogen and oxygen atoms in total. The third-order valence-corrected chi connectivity index (χ3v) is 2.45. The van der Waals surface area contributed by atoms with Gasteiger partial charge in [-0.1, -0.05) is 23.8 Å². The Hall–Kier alpha value is -1.31. The third-order valence-electron chi connectivity index (χ3n) is 2.45. The van der Waals surface area contributed by atoms with E-state index in [0.717, 1.165) is 11.3 Å². The zero-order valence-corrected chi connectivity index (χ0v) is 8.16. The first kappa shape index (κ1) is 9.25. The van der Waals surface area contributed by atoms with Gasteiger partial charge in [-0.15, -0.1) is 0 Å². The quantitative estimate of drug-likeness (QED) is 0.699. The first-order chi connectivity index (χ1) is 6.78. The number of alkyl halides is 1. The third kappa shape index (κ3) is 1.95. The van der Waals surface area contributed by atoms with Crippen LogP contribution >= 0.6 is 0 Å². The van der Waals surface area contributed by atoms with E-state index in [1.54, 1.807) is 7.11 Å². The number of methoxy groups -OCH3 is 1. The Bertz CT molecular complexity index is 332. The summed E-state index contributed by atoms with van der Waals surface area (Å²) in [6, 6.07) is 7.80. The molecule has 0 atom stereocenters. The molecule has 0 aliphatic heterocycles. The smallest absolute Gasteiger partial charge is 0.118 e. The first-order valence-electron chi connectivity index (χ1n) is 4.75. The Labute approximate surface area is 83.2 Å². The van der Waals surface area contributed by atoms with Crippen LogP contribution in [0.25, 0.3) is 6.08 Å². The molecule has 0 unspecified atom stereocenters. The van der Waals surface area contributed by atoms with Gasteiger partial charge in [0.2, 0.25) is 0 Å². The summed E-state index contributed by atoms with van der Waals surface area (Å²) in [6.07, 6.45) is 2.65. The summed E-state index contributed by atoms with van der Waals surface area (Å²) in [6.45, 7) is 0. The van der Waals surface area contributed by atoms with E-state index in [1.807, 2.05) is 24.3 Å². The molecule has 1 aliphatic rings. The maximum absolute atomic E-state index is 12.5. The van der Waals surface area contributed by atoms with Gasteiger partial charge < -0.3 is 4.74 Å². The van der Waals surface area contributed by atoms with Crippen LogP contribution in [0.4, 0.5) is 4.39 Å². The monoisotopic (exact) mass is 192 g/mol. The molecule has 74 valence electrons. The number of hydrogen-bond donors (Lipinski definition) is 0. The number of ether oxygens (including phenoxy) is 1. The summed E-state index contributed by atoms with van der Waals surface area (Å²) in [5, 5.41) is 0. The molecular formula is C12H13FO. The van der Waals surface area contributed by atoms with E-state index < -0.39 is 6.17 Å². The topological polar surface area (TPSA) is 9.23 Å². The molecule has 1 saturated carbocycles. The fourth-order valence-electron chi connectivity index (χ4n) is 1.56. The van der Waals surface area contributed by atoms with Crippen LogP contribution < -0.4 is 4.74 Å². The molecule has 0 aromatic heterocycles. The van der Waals surface area contributed by atoms with E-state index in [-0.39, 0.29) is 0 Å². The molecule has 1 fully saturated rings. The van der Waals surface area contributed by atoms with Crippen LogP contribution in [0, 0.1) is 0 Å². The minimum atomic E-state index is -0.612. The Morgan fingerprint density at radius 2 is 1.93 bits per heavy atom. The van der Waals surface area contributed by atoms with Crippen LogP contribution in [-0.4, -0.2) is 13.3 Å². The second kappa shape index (κ2) is 3.82. The molecule has 1 aliphatic carbocycles. The van der Waals surface area contributed by atoms with Gasteiger partial charge in [-0.05, 0) is 17.7 Å². The predicted octanol–water partition coefficient (Wildman–Crippen LogP) is 3.21. The largest absolute Gasteiger partial charge is 0.497 e. The van der Waals surface area contributed by atoms with Crippen molar-refractivity contribution in [2.45, 2.75) is 19.0 Å². The molecule has 1 aromatic carbocycles. The highest BCUT2D eigenvalue weighted by molar-refractivity contribution is 5.55. The number of hydrogen-bond acceptors (Lipinski definition) is 1. The van der Waals surface area contributed by atoms with Gasteiger partial charge in [0.25, 0.3) is 0 Å². The molecule has 0 radical (unpaired) electrons. The minimum absolute atomic E-state index is 0.603. The number of rotatable bonds is 2. The lowest BCUT2D eigenvalue weighted by Gasteiger charge is -2.21. The van der Waals surface area contributed by atoms with Gasteiger partial charge in [0.15, 0.2) is 0 Å². The summed E-state index contributed by atoms with van der Waals surface area (Å²) >= 11 is 0. The second-order valence-electron chi connectivity index (χ2n) is 3.58. The van der Waals surface area contributed by atoms with Crippen LogP contribution in [0.3, 0.4) is 0 Å². The molecular weight excluding hydrogens is 179 g/mol. The van der Waals surface area contributed by atoms with Crippen molar-refractivity contribution in [1.82, 2.24) is 0 Å². The number of benzene rings is 1. The van der Waals surface area contributed by atoms with Crippen molar-refractivity contribution in [3.8, 4) is 5.75 Å². The molecule has 2 rings (SSSR count). The molecule has 2 heteroatoms. The van der Waals surface area contributed by atoms with E-state index in [2.05, 4.69) is 6.08 Å². The molecule has 0 bridgehead atoms. The van der Waals surface area contributed by atoms with Crippen LogP contribution in [0.5, 0.6) is 5.75 Å². The van der Waals surface area contributed by atoms with Crippen LogP contribution in [0.1, 0.15) is 18.4 Å². The van der Waals surface area contributed by atoms with Crippen molar-refractivity contribution in [3.05, 3.63) is 35.4 Å². The lowest BCUT2D eigenvalue weighted by molar-refractivity contribution is 0.274. The van der Waals surface area contributed by atoms with E-state index in [1.165, 1.54) is 5.57 Å². The second-order valence-corrected chi connectivity index (χ2v) is 3.58. The molecule has 0 spiro atoms. The minimum Gasteiger partial charge on any atom is -0.497 e. The van der Waals surface area contributed by atoms with Gasteiger partial charge in [-0.25, -0.2) is 4.39 Å². The van der Waals surface area contributed by atoms with Crippen LogP contribution in [0.15, 0.2) is 29.8 Å². The highest BCUT2D eigenvalue weighted by atomic mass is 19.1. The highest BCUT2D eigenvalue weighted by Crippen LogP contribution is 2.31. The van der Waals surface area contributed by atoms with Gasteiger partial charge in [-0.2, -0.15) is 0 Å². The van der Waals surface area contributed by atoms with Gasteiger partial charge in [0.1, 0.15) is 11.9 Å². The standard InChI is InChI=1S/C12H13FO/c1-14-12-4-2-9(3-5-12)6-10-7-11(13)8-10/h2-6,11H,7-8H2,1H3. The first-order valence-corrected chi connectivity index (χ1v) is 4.75. The molecule has 0 saturated heterocycles. The van der Waals surface area contributed by atoms with Crippen LogP contribution in [-0.2, 0) is 0 Å². The van der Waals surface area contributed by atoms with Crippen LogP contribution in [0.2, 0.25) is 0 Å². The van der Waals surface area contributed by atoms with Crippen molar-refractivity contribution in [3.63, 3.8) is 0 Å². The SMILES string of the molecule is COc1ccc(C=C2CC(F)C2)cc1. The van der Waals surface area contributed by atoms with Gasteiger partial charge in [-0.3, -0.25) is 0 Å². The average molecular weight is 192 g/mol. The van der Waals surface area contributed by atoms with E-state index in [0.29, 0.717) is 12.8 Å². The van der Waals surface area contributed by atoms with Crippen molar-refractivity contribution in [1.29, 1.82) is 0 Å². The van der Waals surface area contributed by atoms with Crippen molar-refractivity contribution < 1.29 is 9.13 Å². The van der Waals surface area contributed by atoms with Gasteiger partial charge in [0, 0.05) is 12.8 Å². The van der Waals surface area contributed by atoms with Crippen molar-refractivity contribution in [2.24, 2.45) is 0 Å². The molecule has 1 aromatic rings.